The smallest absolute Gasteiger partial charge is 0.125 e. The molecular weight excluding hydrogens is 252 g/mol. The maximum absolute atomic E-state index is 6.41. The van der Waals surface area contributed by atoms with Crippen LogP contribution in [0.5, 0.6) is 11.5 Å². The van der Waals surface area contributed by atoms with Gasteiger partial charge in [-0.1, -0.05) is 0 Å². The summed E-state index contributed by atoms with van der Waals surface area (Å²) in [5.41, 5.74) is 7.39. The molecule has 0 radical (unpaired) electrons. The summed E-state index contributed by atoms with van der Waals surface area (Å²) in [5.74, 6) is 1.77. The number of hydrogen-bond acceptors (Lipinski definition) is 4. The summed E-state index contributed by atoms with van der Waals surface area (Å²) < 4.78 is 11.7. The minimum atomic E-state index is -0.0903. The van der Waals surface area contributed by atoms with E-state index in [1.807, 2.05) is 18.2 Å². The van der Waals surface area contributed by atoms with Gasteiger partial charge in [-0.2, -0.15) is 0 Å². The summed E-state index contributed by atoms with van der Waals surface area (Å²) >= 11 is 0. The highest BCUT2D eigenvalue weighted by atomic mass is 16.5. The molecule has 1 saturated heterocycles. The van der Waals surface area contributed by atoms with Gasteiger partial charge in [-0.25, -0.2) is 0 Å². The average molecular weight is 276 g/mol. The molecule has 1 aromatic rings. The summed E-state index contributed by atoms with van der Waals surface area (Å²) in [6.07, 6.45) is 2.99. The van der Waals surface area contributed by atoms with Crippen LogP contribution < -0.4 is 15.2 Å². The number of fused-ring (bicyclic) bond motifs is 1. The molecule has 1 aromatic carbocycles. The fourth-order valence-electron chi connectivity index (χ4n) is 3.50. The number of nitrogens with zero attached hydrogens (tertiary/aromatic N) is 1. The van der Waals surface area contributed by atoms with Gasteiger partial charge < -0.3 is 20.1 Å². The second-order valence-electron chi connectivity index (χ2n) is 6.28. The van der Waals surface area contributed by atoms with Crippen LogP contribution in [0.3, 0.4) is 0 Å². The summed E-state index contributed by atoms with van der Waals surface area (Å²) in [6, 6.07) is 6.52. The second kappa shape index (κ2) is 4.93. The largest absolute Gasteiger partial charge is 0.497 e. The molecule has 1 spiro atoms. The highest BCUT2D eigenvalue weighted by Crippen LogP contribution is 2.45. The number of nitrogens with two attached hydrogens (primary N) is 1. The van der Waals surface area contributed by atoms with E-state index >= 15 is 0 Å². The zero-order valence-corrected chi connectivity index (χ0v) is 12.6. The summed E-state index contributed by atoms with van der Waals surface area (Å²) in [6.45, 7) is 3.33. The lowest BCUT2D eigenvalue weighted by Crippen LogP contribution is -2.53. The van der Waals surface area contributed by atoms with Gasteiger partial charge in [-0.3, -0.25) is 0 Å². The maximum atomic E-state index is 6.41. The van der Waals surface area contributed by atoms with Gasteiger partial charge in [0.2, 0.25) is 0 Å². The predicted octanol–water partition coefficient (Wildman–Crippen LogP) is 2.33. The molecule has 0 amide bonds. The van der Waals surface area contributed by atoms with Crippen LogP contribution in [0.1, 0.15) is 37.8 Å². The molecule has 0 bridgehead atoms. The first-order valence-electron chi connectivity index (χ1n) is 7.36. The molecule has 2 unspecified atom stereocenters. The van der Waals surface area contributed by atoms with Crippen molar-refractivity contribution < 1.29 is 9.47 Å². The number of piperidine rings is 1. The zero-order valence-electron chi connectivity index (χ0n) is 12.6. The van der Waals surface area contributed by atoms with Crippen LogP contribution in [0.25, 0.3) is 0 Å². The highest BCUT2D eigenvalue weighted by Gasteiger charge is 2.44. The van der Waals surface area contributed by atoms with Crippen LogP contribution in [0.2, 0.25) is 0 Å². The van der Waals surface area contributed by atoms with Gasteiger partial charge in [-0.15, -0.1) is 0 Å². The van der Waals surface area contributed by atoms with E-state index in [0.29, 0.717) is 6.04 Å². The van der Waals surface area contributed by atoms with Crippen molar-refractivity contribution in [2.24, 2.45) is 5.73 Å². The minimum absolute atomic E-state index is 0.0319. The van der Waals surface area contributed by atoms with Crippen molar-refractivity contribution in [1.29, 1.82) is 0 Å². The summed E-state index contributed by atoms with van der Waals surface area (Å²) in [7, 11) is 3.86. The van der Waals surface area contributed by atoms with E-state index in [-0.39, 0.29) is 11.6 Å². The number of likely N-dealkylation sites (tertiary alicyclic amines) is 1. The number of ether oxygens (including phenoxy) is 2. The average Bonchev–Trinajstić information content (AvgIpc) is 2.43. The molecule has 20 heavy (non-hydrogen) atoms. The maximum Gasteiger partial charge on any atom is 0.125 e. The molecule has 4 nitrogen and oxygen atoms in total. The van der Waals surface area contributed by atoms with Gasteiger partial charge in [0, 0.05) is 37.0 Å². The topological polar surface area (TPSA) is 47.7 Å². The molecule has 0 aromatic heterocycles. The van der Waals surface area contributed by atoms with Crippen LogP contribution in [-0.4, -0.2) is 37.2 Å². The number of hydrogen-bond donors (Lipinski definition) is 1. The minimum Gasteiger partial charge on any atom is -0.497 e. The fourth-order valence-corrected chi connectivity index (χ4v) is 3.50. The van der Waals surface area contributed by atoms with Crippen molar-refractivity contribution in [3.63, 3.8) is 0 Å². The number of benzene rings is 1. The van der Waals surface area contributed by atoms with Gasteiger partial charge in [-0.05, 0) is 38.6 Å². The van der Waals surface area contributed by atoms with Crippen molar-refractivity contribution in [3.8, 4) is 11.5 Å². The molecule has 3 atom stereocenters. The molecule has 2 N–H and O–H groups in total. The Labute approximate surface area is 120 Å². The normalized spacial score (nSPS) is 33.6. The van der Waals surface area contributed by atoms with Gasteiger partial charge in [0.05, 0.1) is 7.11 Å². The SMILES string of the molecule is COc1ccc2c(c1)[C@H](N)CC1(CCN(C)C(C)C1)O2. The molecule has 0 aliphatic carbocycles. The quantitative estimate of drug-likeness (QED) is 0.855. The van der Waals surface area contributed by atoms with E-state index in [2.05, 4.69) is 18.9 Å². The van der Waals surface area contributed by atoms with E-state index in [9.17, 15) is 0 Å². The zero-order chi connectivity index (χ0) is 14.3. The molecule has 2 heterocycles. The lowest BCUT2D eigenvalue weighted by atomic mass is 9.78. The lowest BCUT2D eigenvalue weighted by Gasteiger charge is -2.48. The Hall–Kier alpha value is -1.26. The van der Waals surface area contributed by atoms with Crippen LogP contribution in [0, 0.1) is 0 Å². The van der Waals surface area contributed by atoms with E-state index in [1.165, 1.54) is 0 Å². The first-order chi connectivity index (χ1) is 9.53. The fraction of sp³-hybridized carbons (Fsp3) is 0.625. The molecule has 1 fully saturated rings. The first-order valence-corrected chi connectivity index (χ1v) is 7.36. The Bertz CT molecular complexity index is 505. The third-order valence-electron chi connectivity index (χ3n) is 4.87. The molecule has 4 heteroatoms. The van der Waals surface area contributed by atoms with Gasteiger partial charge in [0.15, 0.2) is 0 Å². The van der Waals surface area contributed by atoms with E-state index < -0.39 is 0 Å². The standard InChI is InChI=1S/C16H24N2O2/c1-11-9-16(6-7-18(11)2)10-14(17)13-8-12(19-3)4-5-15(13)20-16/h4-5,8,11,14H,6-7,9-10,17H2,1-3H3/t11?,14-,16?/m1/s1. The summed E-state index contributed by atoms with van der Waals surface area (Å²) in [4.78, 5) is 2.39. The predicted molar refractivity (Wildman–Crippen MR) is 79.2 cm³/mol. The van der Waals surface area contributed by atoms with Crippen LogP contribution in [-0.2, 0) is 0 Å². The lowest BCUT2D eigenvalue weighted by molar-refractivity contribution is -0.0358. The number of rotatable bonds is 1. The molecular formula is C16H24N2O2. The summed E-state index contributed by atoms with van der Waals surface area (Å²) in [5, 5.41) is 0. The molecule has 110 valence electrons. The Kier molecular flexibility index (Phi) is 3.38. The van der Waals surface area contributed by atoms with Crippen molar-refractivity contribution in [2.75, 3.05) is 20.7 Å². The van der Waals surface area contributed by atoms with Gasteiger partial charge >= 0.3 is 0 Å². The Morgan fingerprint density at radius 2 is 2.20 bits per heavy atom. The Balaban J connectivity index is 1.89. The third kappa shape index (κ3) is 2.27. The van der Waals surface area contributed by atoms with Crippen molar-refractivity contribution in [3.05, 3.63) is 23.8 Å². The Morgan fingerprint density at radius 1 is 1.40 bits per heavy atom. The number of methoxy groups -OCH3 is 1. The van der Waals surface area contributed by atoms with Crippen molar-refractivity contribution in [1.82, 2.24) is 4.90 Å². The van der Waals surface area contributed by atoms with Crippen molar-refractivity contribution in [2.45, 2.75) is 43.9 Å². The van der Waals surface area contributed by atoms with Crippen LogP contribution >= 0.6 is 0 Å². The molecule has 2 aliphatic rings. The van der Waals surface area contributed by atoms with Crippen molar-refractivity contribution >= 4 is 0 Å². The first kappa shape index (κ1) is 13.7. The Morgan fingerprint density at radius 3 is 2.90 bits per heavy atom. The highest BCUT2D eigenvalue weighted by molar-refractivity contribution is 5.44. The molecule has 3 rings (SSSR count). The monoisotopic (exact) mass is 276 g/mol. The molecule has 2 aliphatic heterocycles. The second-order valence-corrected chi connectivity index (χ2v) is 6.28. The van der Waals surface area contributed by atoms with Crippen LogP contribution in [0.15, 0.2) is 18.2 Å². The van der Waals surface area contributed by atoms with E-state index in [0.717, 1.165) is 42.9 Å². The van der Waals surface area contributed by atoms with Gasteiger partial charge in [0.25, 0.3) is 0 Å². The van der Waals surface area contributed by atoms with E-state index in [4.69, 9.17) is 15.2 Å². The van der Waals surface area contributed by atoms with Crippen LogP contribution in [0.4, 0.5) is 0 Å². The van der Waals surface area contributed by atoms with E-state index in [1.54, 1.807) is 7.11 Å². The third-order valence-corrected chi connectivity index (χ3v) is 4.87. The molecule has 0 saturated carbocycles. The van der Waals surface area contributed by atoms with Gasteiger partial charge in [0.1, 0.15) is 17.1 Å².